The molecule has 108 valence electrons. The van der Waals surface area contributed by atoms with Crippen molar-refractivity contribution in [3.05, 3.63) is 0 Å². The number of nitrogens with one attached hydrogen (secondary N) is 1. The number of hydrogen-bond acceptors (Lipinski definition) is 3. The van der Waals surface area contributed by atoms with Gasteiger partial charge in [0.25, 0.3) is 0 Å². The van der Waals surface area contributed by atoms with Crippen LogP contribution in [0.5, 0.6) is 0 Å². The lowest BCUT2D eigenvalue weighted by Crippen LogP contribution is -2.49. The van der Waals surface area contributed by atoms with Gasteiger partial charge in [-0.2, -0.15) is 0 Å². The summed E-state index contributed by atoms with van der Waals surface area (Å²) >= 11 is 0. The predicted molar refractivity (Wildman–Crippen MR) is 80.1 cm³/mol. The van der Waals surface area contributed by atoms with Crippen LogP contribution in [0.3, 0.4) is 0 Å². The summed E-state index contributed by atoms with van der Waals surface area (Å²) in [7, 11) is 0. The molecule has 3 heteroatoms. The van der Waals surface area contributed by atoms with Crippen LogP contribution < -0.4 is 5.32 Å². The summed E-state index contributed by atoms with van der Waals surface area (Å²) in [6.07, 6.45) is 4.17. The molecule has 1 N–H and O–H groups in total. The van der Waals surface area contributed by atoms with Crippen molar-refractivity contribution in [3.63, 3.8) is 0 Å². The van der Waals surface area contributed by atoms with Crippen molar-refractivity contribution in [2.24, 2.45) is 0 Å². The minimum Gasteiger partial charge on any atom is -0.313 e. The van der Waals surface area contributed by atoms with Gasteiger partial charge in [0.1, 0.15) is 0 Å². The van der Waals surface area contributed by atoms with Crippen LogP contribution >= 0.6 is 0 Å². The van der Waals surface area contributed by atoms with E-state index in [4.69, 9.17) is 0 Å². The van der Waals surface area contributed by atoms with E-state index in [1.54, 1.807) is 0 Å². The lowest BCUT2D eigenvalue weighted by atomic mass is 10.0. The lowest BCUT2D eigenvalue weighted by molar-refractivity contribution is 0.125. The Morgan fingerprint density at radius 3 is 2.56 bits per heavy atom. The summed E-state index contributed by atoms with van der Waals surface area (Å²) in [5.41, 5.74) is 0. The molecular weight excluding hydrogens is 222 g/mol. The van der Waals surface area contributed by atoms with E-state index in [-0.39, 0.29) is 0 Å². The highest BCUT2D eigenvalue weighted by Gasteiger charge is 2.22. The highest BCUT2D eigenvalue weighted by molar-refractivity contribution is 4.80. The number of rotatable bonds is 8. The minimum atomic E-state index is 0.608. The zero-order valence-electron chi connectivity index (χ0n) is 12.9. The van der Waals surface area contributed by atoms with E-state index < -0.39 is 0 Å². The van der Waals surface area contributed by atoms with E-state index in [1.165, 1.54) is 52.0 Å². The molecule has 0 aliphatic carbocycles. The summed E-state index contributed by atoms with van der Waals surface area (Å²) in [5.74, 6) is 0. The van der Waals surface area contributed by atoms with Crippen molar-refractivity contribution in [1.82, 2.24) is 15.1 Å². The van der Waals surface area contributed by atoms with Crippen LogP contribution in [0.15, 0.2) is 0 Å². The fraction of sp³-hybridized carbons (Fsp3) is 1.00. The third-order valence-electron chi connectivity index (χ3n) is 4.11. The van der Waals surface area contributed by atoms with Gasteiger partial charge in [-0.1, -0.05) is 34.1 Å². The molecule has 0 aromatic heterocycles. The Balaban J connectivity index is 2.34. The van der Waals surface area contributed by atoms with Gasteiger partial charge in [-0.15, -0.1) is 0 Å². The number of nitrogens with zero attached hydrogens (tertiary/aromatic N) is 2. The first-order valence-electron chi connectivity index (χ1n) is 7.87. The molecule has 1 rings (SSSR count). The molecule has 0 aromatic rings. The molecule has 0 saturated carbocycles. The van der Waals surface area contributed by atoms with Gasteiger partial charge < -0.3 is 10.2 Å². The van der Waals surface area contributed by atoms with E-state index in [1.807, 2.05) is 0 Å². The second-order valence-corrected chi connectivity index (χ2v) is 5.78. The van der Waals surface area contributed by atoms with Crippen molar-refractivity contribution >= 4 is 0 Å². The number of likely N-dealkylation sites (tertiary alicyclic amines) is 1. The van der Waals surface area contributed by atoms with Crippen LogP contribution in [0.4, 0.5) is 0 Å². The molecule has 1 atom stereocenters. The summed E-state index contributed by atoms with van der Waals surface area (Å²) in [6.45, 7) is 16.3. The molecule has 0 amide bonds. The molecule has 1 fully saturated rings. The fourth-order valence-corrected chi connectivity index (χ4v) is 2.77. The summed E-state index contributed by atoms with van der Waals surface area (Å²) in [6, 6.07) is 1.37. The van der Waals surface area contributed by atoms with Crippen LogP contribution in [0, 0.1) is 0 Å². The van der Waals surface area contributed by atoms with Gasteiger partial charge in [-0.3, -0.25) is 4.90 Å². The van der Waals surface area contributed by atoms with Gasteiger partial charge in [0.15, 0.2) is 0 Å². The molecule has 18 heavy (non-hydrogen) atoms. The van der Waals surface area contributed by atoms with Crippen LogP contribution in [0.2, 0.25) is 0 Å². The first-order chi connectivity index (χ1) is 8.67. The highest BCUT2D eigenvalue weighted by Crippen LogP contribution is 2.16. The maximum absolute atomic E-state index is 3.61. The topological polar surface area (TPSA) is 18.5 Å². The lowest BCUT2D eigenvalue weighted by Gasteiger charge is -2.37. The fourth-order valence-electron chi connectivity index (χ4n) is 2.77. The molecule has 1 aliphatic heterocycles. The molecule has 1 unspecified atom stereocenters. The average Bonchev–Trinajstić information content (AvgIpc) is 2.38. The molecule has 0 radical (unpaired) electrons. The van der Waals surface area contributed by atoms with Crippen LogP contribution in [-0.2, 0) is 0 Å². The zero-order chi connectivity index (χ0) is 13.4. The molecule has 1 heterocycles. The van der Waals surface area contributed by atoms with Gasteiger partial charge in [0, 0.05) is 31.7 Å². The molecule has 1 aliphatic rings. The van der Waals surface area contributed by atoms with Gasteiger partial charge in [-0.05, 0) is 32.5 Å². The van der Waals surface area contributed by atoms with E-state index in [0.717, 1.165) is 12.6 Å². The normalized spacial score (nSPS) is 22.0. The third-order valence-corrected chi connectivity index (χ3v) is 4.11. The van der Waals surface area contributed by atoms with E-state index in [2.05, 4.69) is 42.8 Å². The SMILES string of the molecule is CCN(CC)CCN1CCCCC1CNC(C)C. The Morgan fingerprint density at radius 1 is 1.22 bits per heavy atom. The number of piperidine rings is 1. The Bertz CT molecular complexity index is 202. The maximum Gasteiger partial charge on any atom is 0.0221 e. The molecular formula is C15H33N3. The van der Waals surface area contributed by atoms with Crippen molar-refractivity contribution in [2.75, 3.05) is 39.3 Å². The average molecular weight is 255 g/mol. The zero-order valence-corrected chi connectivity index (χ0v) is 12.9. The quantitative estimate of drug-likeness (QED) is 0.717. The van der Waals surface area contributed by atoms with Crippen molar-refractivity contribution < 1.29 is 0 Å². The Hall–Kier alpha value is -0.120. The van der Waals surface area contributed by atoms with Crippen molar-refractivity contribution in [2.45, 2.75) is 59.0 Å². The van der Waals surface area contributed by atoms with Crippen molar-refractivity contribution in [3.8, 4) is 0 Å². The van der Waals surface area contributed by atoms with Crippen molar-refractivity contribution in [1.29, 1.82) is 0 Å². The van der Waals surface area contributed by atoms with Gasteiger partial charge in [-0.25, -0.2) is 0 Å². The molecule has 0 spiro atoms. The second-order valence-electron chi connectivity index (χ2n) is 5.78. The summed E-state index contributed by atoms with van der Waals surface area (Å²) in [5, 5.41) is 3.61. The summed E-state index contributed by atoms with van der Waals surface area (Å²) < 4.78 is 0. The van der Waals surface area contributed by atoms with Crippen LogP contribution in [-0.4, -0.2) is 61.2 Å². The Labute approximate surface area is 114 Å². The molecule has 1 saturated heterocycles. The number of hydrogen-bond donors (Lipinski definition) is 1. The molecule has 3 nitrogen and oxygen atoms in total. The maximum atomic E-state index is 3.61. The van der Waals surface area contributed by atoms with E-state index >= 15 is 0 Å². The van der Waals surface area contributed by atoms with Crippen LogP contribution in [0.1, 0.15) is 47.0 Å². The second kappa shape index (κ2) is 8.89. The first kappa shape index (κ1) is 15.9. The predicted octanol–water partition coefficient (Wildman–Crippen LogP) is 2.18. The third kappa shape index (κ3) is 5.68. The largest absolute Gasteiger partial charge is 0.313 e. The van der Waals surface area contributed by atoms with E-state index in [9.17, 15) is 0 Å². The Morgan fingerprint density at radius 2 is 1.94 bits per heavy atom. The molecule has 0 bridgehead atoms. The van der Waals surface area contributed by atoms with Gasteiger partial charge in [0.2, 0.25) is 0 Å². The summed E-state index contributed by atoms with van der Waals surface area (Å²) in [4.78, 5) is 5.23. The smallest absolute Gasteiger partial charge is 0.0221 e. The van der Waals surface area contributed by atoms with Crippen LogP contribution in [0.25, 0.3) is 0 Å². The molecule has 0 aromatic carbocycles. The monoisotopic (exact) mass is 255 g/mol. The number of likely N-dealkylation sites (N-methyl/N-ethyl adjacent to an activating group) is 1. The highest BCUT2D eigenvalue weighted by atomic mass is 15.2. The van der Waals surface area contributed by atoms with Gasteiger partial charge >= 0.3 is 0 Å². The first-order valence-corrected chi connectivity index (χ1v) is 7.87. The van der Waals surface area contributed by atoms with Gasteiger partial charge in [0.05, 0.1) is 0 Å². The Kier molecular flexibility index (Phi) is 7.87. The van der Waals surface area contributed by atoms with E-state index in [0.29, 0.717) is 6.04 Å². The minimum absolute atomic E-state index is 0.608. The standard InChI is InChI=1S/C15H33N3/c1-5-17(6-2)11-12-18-10-8-7-9-15(18)13-16-14(3)4/h14-16H,5-13H2,1-4H3.